The fraction of sp³-hybridized carbons (Fsp3) is 1.00. The Morgan fingerprint density at radius 3 is 1.29 bits per heavy atom. The van der Waals surface area contributed by atoms with Crippen LogP contribution in [0.2, 0.25) is 0 Å². The first-order valence-corrected chi connectivity index (χ1v) is 11.6. The summed E-state index contributed by atoms with van der Waals surface area (Å²) < 4.78 is 46.3. The molecule has 0 radical (unpaired) electrons. The van der Waals surface area contributed by atoms with Crippen LogP contribution < -0.4 is 0 Å². The molecule has 0 aliphatic heterocycles. The Balaban J connectivity index is 3.75. The topological polar surface area (TPSA) is 71.5 Å². The highest BCUT2D eigenvalue weighted by molar-refractivity contribution is 8.03. The smallest absolute Gasteiger partial charge is 0.212 e. The number of unbranched alkanes of at least 4 members (excludes halogenated alkanes) is 9. The third-order valence-corrected chi connectivity index (χ3v) is 6.90. The van der Waals surface area contributed by atoms with Gasteiger partial charge in [0.05, 0.1) is 12.5 Å². The molecule has 0 aliphatic carbocycles. The van der Waals surface area contributed by atoms with E-state index in [9.17, 15) is 16.8 Å². The van der Waals surface area contributed by atoms with Crippen molar-refractivity contribution in [3.8, 4) is 0 Å². The minimum absolute atomic E-state index is 0.0637. The van der Waals surface area contributed by atoms with Crippen molar-refractivity contribution in [3.05, 3.63) is 0 Å². The van der Waals surface area contributed by atoms with Crippen molar-refractivity contribution in [3.63, 3.8) is 0 Å². The lowest BCUT2D eigenvalue weighted by Crippen LogP contribution is -2.36. The number of sulfonamides is 2. The lowest BCUT2D eigenvalue weighted by molar-refractivity contribution is 0.484. The Morgan fingerprint density at radius 2 is 0.952 bits per heavy atom. The molecule has 0 unspecified atom stereocenters. The number of nitrogens with zero attached hydrogens (tertiary/aromatic N) is 1. The molecule has 128 valence electrons. The van der Waals surface area contributed by atoms with E-state index in [4.69, 9.17) is 0 Å². The van der Waals surface area contributed by atoms with Crippen molar-refractivity contribution in [1.82, 2.24) is 3.71 Å². The summed E-state index contributed by atoms with van der Waals surface area (Å²) in [5.74, 6) is 0. The first-order chi connectivity index (χ1) is 9.69. The Kier molecular flexibility index (Phi) is 10.5. The van der Waals surface area contributed by atoms with Gasteiger partial charge in [0.25, 0.3) is 0 Å². The zero-order valence-electron chi connectivity index (χ0n) is 13.7. The second-order valence-corrected chi connectivity index (χ2v) is 9.75. The molecule has 0 bridgehead atoms. The maximum Gasteiger partial charge on any atom is 0.224 e. The molecule has 0 aromatic heterocycles. The summed E-state index contributed by atoms with van der Waals surface area (Å²) >= 11 is 0. The molecule has 0 fully saturated rings. The maximum atomic E-state index is 11.4. The molecule has 0 atom stereocenters. The van der Waals surface area contributed by atoms with Crippen LogP contribution >= 0.6 is 0 Å². The van der Waals surface area contributed by atoms with Crippen LogP contribution in [-0.4, -0.2) is 39.6 Å². The van der Waals surface area contributed by atoms with Gasteiger partial charge in [0, 0.05) is 6.54 Å². The summed E-state index contributed by atoms with van der Waals surface area (Å²) in [5, 5.41) is 0. The summed E-state index contributed by atoms with van der Waals surface area (Å²) in [6, 6.07) is 0. The average Bonchev–Trinajstić information content (AvgIpc) is 2.32. The SMILES string of the molecule is CCCCCCCCCCCCN(S(C)(=O)=O)S(C)(=O)=O. The van der Waals surface area contributed by atoms with Gasteiger partial charge in [-0.2, -0.15) is 0 Å². The van der Waals surface area contributed by atoms with Crippen LogP contribution in [0.1, 0.15) is 71.1 Å². The molecule has 0 amide bonds. The van der Waals surface area contributed by atoms with Gasteiger partial charge >= 0.3 is 0 Å². The van der Waals surface area contributed by atoms with Crippen molar-refractivity contribution in [2.24, 2.45) is 0 Å². The van der Waals surface area contributed by atoms with Gasteiger partial charge in [-0.15, -0.1) is 0 Å². The molecule has 0 rings (SSSR count). The molecular formula is C14H31NO4S2. The van der Waals surface area contributed by atoms with Crippen LogP contribution in [0.4, 0.5) is 0 Å². The zero-order chi connectivity index (χ0) is 16.4. The molecule has 0 heterocycles. The van der Waals surface area contributed by atoms with Crippen molar-refractivity contribution >= 4 is 20.0 Å². The minimum atomic E-state index is -3.69. The third kappa shape index (κ3) is 11.1. The number of hydrogen-bond donors (Lipinski definition) is 0. The first kappa shape index (κ1) is 20.9. The molecule has 0 saturated heterocycles. The molecule has 21 heavy (non-hydrogen) atoms. The van der Waals surface area contributed by atoms with Gasteiger partial charge in [-0.05, 0) is 6.42 Å². The largest absolute Gasteiger partial charge is 0.224 e. The Morgan fingerprint density at radius 1 is 0.619 bits per heavy atom. The highest BCUT2D eigenvalue weighted by Crippen LogP contribution is 2.12. The second-order valence-electron chi connectivity index (χ2n) is 5.70. The van der Waals surface area contributed by atoms with Crippen LogP contribution in [0.25, 0.3) is 0 Å². The molecule has 7 heteroatoms. The highest BCUT2D eigenvalue weighted by atomic mass is 32.3. The average molecular weight is 342 g/mol. The Hall–Kier alpha value is -0.140. The summed E-state index contributed by atoms with van der Waals surface area (Å²) in [6.07, 6.45) is 13.2. The van der Waals surface area contributed by atoms with Crippen molar-refractivity contribution < 1.29 is 16.8 Å². The standard InChI is InChI=1S/C14H31NO4S2/c1-4-5-6-7-8-9-10-11-12-13-14-15(20(2,16)17)21(3,18)19/h4-14H2,1-3H3. The summed E-state index contributed by atoms with van der Waals surface area (Å²) in [6.45, 7) is 2.27. The van der Waals surface area contributed by atoms with Crippen molar-refractivity contribution in [2.75, 3.05) is 19.1 Å². The normalized spacial score (nSPS) is 13.0. The van der Waals surface area contributed by atoms with E-state index in [0.29, 0.717) is 10.1 Å². The molecule has 5 nitrogen and oxygen atoms in total. The van der Waals surface area contributed by atoms with E-state index >= 15 is 0 Å². The van der Waals surface area contributed by atoms with Crippen molar-refractivity contribution in [2.45, 2.75) is 71.1 Å². The van der Waals surface area contributed by atoms with E-state index in [1.807, 2.05) is 0 Å². The predicted octanol–water partition coefficient (Wildman–Crippen LogP) is 3.13. The number of hydrogen-bond acceptors (Lipinski definition) is 4. The zero-order valence-corrected chi connectivity index (χ0v) is 15.3. The molecule has 0 aromatic rings. The van der Waals surface area contributed by atoms with E-state index in [-0.39, 0.29) is 6.54 Å². The van der Waals surface area contributed by atoms with Crippen molar-refractivity contribution in [1.29, 1.82) is 0 Å². The molecule has 0 aliphatic rings. The van der Waals surface area contributed by atoms with E-state index in [1.165, 1.54) is 38.5 Å². The van der Waals surface area contributed by atoms with Gasteiger partial charge in [-0.1, -0.05) is 68.4 Å². The third-order valence-electron chi connectivity index (χ3n) is 3.43. The molecule has 0 N–H and O–H groups in total. The van der Waals surface area contributed by atoms with Crippen LogP contribution in [0.5, 0.6) is 0 Å². The van der Waals surface area contributed by atoms with Gasteiger partial charge in [-0.3, -0.25) is 0 Å². The monoisotopic (exact) mass is 341 g/mol. The number of rotatable bonds is 13. The second kappa shape index (κ2) is 10.6. The Bertz CT molecular complexity index is 425. The molecule has 0 saturated carbocycles. The summed E-state index contributed by atoms with van der Waals surface area (Å²) in [4.78, 5) is 0. The van der Waals surface area contributed by atoms with Crippen LogP contribution in [0.15, 0.2) is 0 Å². The summed E-state index contributed by atoms with van der Waals surface area (Å²) in [7, 11) is -7.38. The van der Waals surface area contributed by atoms with Gasteiger partial charge in [0.2, 0.25) is 20.0 Å². The fourth-order valence-corrected chi connectivity index (χ4v) is 5.19. The van der Waals surface area contributed by atoms with E-state index in [0.717, 1.165) is 31.8 Å². The molecule has 0 aromatic carbocycles. The summed E-state index contributed by atoms with van der Waals surface area (Å²) in [5.41, 5.74) is 0. The lowest BCUT2D eigenvalue weighted by Gasteiger charge is -2.17. The maximum absolute atomic E-state index is 11.4. The van der Waals surface area contributed by atoms with E-state index in [2.05, 4.69) is 6.92 Å². The van der Waals surface area contributed by atoms with E-state index < -0.39 is 20.0 Å². The van der Waals surface area contributed by atoms with Crippen LogP contribution in [0, 0.1) is 0 Å². The van der Waals surface area contributed by atoms with Crippen LogP contribution in [-0.2, 0) is 20.0 Å². The lowest BCUT2D eigenvalue weighted by atomic mass is 10.1. The van der Waals surface area contributed by atoms with E-state index in [1.54, 1.807) is 0 Å². The van der Waals surface area contributed by atoms with Gasteiger partial charge in [0.1, 0.15) is 0 Å². The quantitative estimate of drug-likeness (QED) is 0.483. The molecular weight excluding hydrogens is 310 g/mol. The first-order valence-electron chi connectivity index (χ1n) is 7.87. The molecule has 0 spiro atoms. The van der Waals surface area contributed by atoms with Gasteiger partial charge in [-0.25, -0.2) is 16.8 Å². The minimum Gasteiger partial charge on any atom is -0.212 e. The Labute approximate surface area is 131 Å². The van der Waals surface area contributed by atoms with Gasteiger partial charge in [0.15, 0.2) is 0 Å². The van der Waals surface area contributed by atoms with Gasteiger partial charge < -0.3 is 0 Å². The predicted molar refractivity (Wildman–Crippen MR) is 88.2 cm³/mol. The fourth-order valence-electron chi connectivity index (χ4n) is 2.31. The van der Waals surface area contributed by atoms with Crippen LogP contribution in [0.3, 0.4) is 0 Å². The highest BCUT2D eigenvalue weighted by Gasteiger charge is 2.25.